The van der Waals surface area contributed by atoms with Gasteiger partial charge >= 0.3 is 5.97 Å². The van der Waals surface area contributed by atoms with Crippen molar-refractivity contribution < 1.29 is 20.1 Å². The van der Waals surface area contributed by atoms with Gasteiger partial charge in [0.05, 0.1) is 0 Å². The van der Waals surface area contributed by atoms with Crippen molar-refractivity contribution in [2.75, 3.05) is 0 Å². The van der Waals surface area contributed by atoms with Gasteiger partial charge in [0.25, 0.3) is 0 Å². The molecule has 1 rings (SSSR count). The lowest BCUT2D eigenvalue weighted by atomic mass is 10.1. The number of phenolic OH excluding ortho intramolecular Hbond substituents is 2. The number of azide groups is 1. The number of aliphatic carboxylic acids is 1. The molecule has 0 aliphatic rings. The Kier molecular flexibility index (Phi) is 4.02. The maximum atomic E-state index is 10.8. The van der Waals surface area contributed by atoms with E-state index in [4.69, 9.17) is 15.7 Å². The van der Waals surface area contributed by atoms with Crippen molar-refractivity contribution in [1.29, 1.82) is 0 Å². The van der Waals surface area contributed by atoms with Crippen LogP contribution in [-0.4, -0.2) is 27.3 Å². The second kappa shape index (κ2) is 5.47. The molecule has 0 heterocycles. The molecular weight excluding hydrogens is 228 g/mol. The largest absolute Gasteiger partial charge is 0.504 e. The fourth-order valence-corrected chi connectivity index (χ4v) is 1.22. The van der Waals surface area contributed by atoms with Gasteiger partial charge in [-0.1, -0.05) is 6.07 Å². The summed E-state index contributed by atoms with van der Waals surface area (Å²) >= 11 is 0. The molecule has 90 valence electrons. The van der Waals surface area contributed by atoms with E-state index in [0.29, 0.717) is 5.56 Å². The van der Waals surface area contributed by atoms with E-state index in [1.165, 1.54) is 18.2 Å². The predicted molar refractivity (Wildman–Crippen MR) is 57.2 cm³/mol. The minimum absolute atomic E-state index is 0.00218. The fourth-order valence-electron chi connectivity index (χ4n) is 1.22. The number of rotatable bonds is 5. The van der Waals surface area contributed by atoms with E-state index in [0.717, 1.165) is 0 Å². The van der Waals surface area contributed by atoms with Gasteiger partial charge < -0.3 is 15.3 Å². The maximum absolute atomic E-state index is 10.8. The molecule has 0 radical (unpaired) electrons. The third-order valence-corrected chi connectivity index (χ3v) is 2.04. The van der Waals surface area contributed by atoms with Gasteiger partial charge in [0.1, 0.15) is 0 Å². The Labute approximate surface area is 95.7 Å². The topological polar surface area (TPSA) is 139 Å². The molecule has 8 nitrogen and oxygen atoms in total. The van der Waals surface area contributed by atoms with E-state index in [1.54, 1.807) is 0 Å². The SMILES string of the molecule is [N-]=[N+]=NN[C@@H](Cc1ccc(O)c(O)c1)C(=O)O. The van der Waals surface area contributed by atoms with Crippen LogP contribution in [0.3, 0.4) is 0 Å². The number of nitrogens with one attached hydrogen (secondary N) is 1. The molecule has 0 bridgehead atoms. The van der Waals surface area contributed by atoms with Crippen LogP contribution in [0.2, 0.25) is 0 Å². The first kappa shape index (κ1) is 12.5. The minimum Gasteiger partial charge on any atom is -0.504 e. The fraction of sp³-hybridized carbons (Fsp3) is 0.222. The molecule has 1 aromatic rings. The third-order valence-electron chi connectivity index (χ3n) is 2.04. The zero-order chi connectivity index (χ0) is 12.8. The molecule has 0 unspecified atom stereocenters. The number of benzene rings is 1. The first-order valence-corrected chi connectivity index (χ1v) is 4.58. The summed E-state index contributed by atoms with van der Waals surface area (Å²) in [6.45, 7) is 0. The summed E-state index contributed by atoms with van der Waals surface area (Å²) in [6, 6.07) is 2.85. The molecule has 17 heavy (non-hydrogen) atoms. The average Bonchev–Trinajstić information content (AvgIpc) is 2.28. The normalized spacial score (nSPS) is 11.3. The average molecular weight is 238 g/mol. The van der Waals surface area contributed by atoms with Gasteiger partial charge in [0.2, 0.25) is 0 Å². The number of carbonyl (C=O) groups is 1. The monoisotopic (exact) mass is 238 g/mol. The highest BCUT2D eigenvalue weighted by Gasteiger charge is 2.20. The van der Waals surface area contributed by atoms with Crippen LogP contribution >= 0.6 is 0 Å². The summed E-state index contributed by atoms with van der Waals surface area (Å²) < 4.78 is 0. The van der Waals surface area contributed by atoms with Gasteiger partial charge in [0, 0.05) is 6.42 Å². The van der Waals surface area contributed by atoms with E-state index >= 15 is 0 Å². The van der Waals surface area contributed by atoms with E-state index < -0.39 is 12.0 Å². The summed E-state index contributed by atoms with van der Waals surface area (Å²) in [5.41, 5.74) is 10.7. The lowest BCUT2D eigenvalue weighted by molar-refractivity contribution is -0.139. The molecule has 1 atom stereocenters. The standard InChI is InChI=1S/C9H10N4O4/c10-12-13-11-6(9(16)17)3-5-1-2-7(14)8(15)4-5/h1-2,4,6,11,14-15H,3H2,(H,16,17)/t6-/m0/s1. The van der Waals surface area contributed by atoms with Crippen LogP contribution in [0.15, 0.2) is 23.4 Å². The summed E-state index contributed by atoms with van der Waals surface area (Å²) in [7, 11) is 0. The molecule has 1 aromatic carbocycles. The zero-order valence-electron chi connectivity index (χ0n) is 8.61. The Hall–Kier alpha value is -2.60. The Bertz CT molecular complexity index is 470. The lowest BCUT2D eigenvalue weighted by Gasteiger charge is -2.08. The Morgan fingerprint density at radius 1 is 1.47 bits per heavy atom. The number of carboxylic acid groups (broad SMARTS) is 1. The van der Waals surface area contributed by atoms with Crippen molar-refractivity contribution >= 4 is 5.97 Å². The van der Waals surface area contributed by atoms with Crippen LogP contribution in [0, 0.1) is 0 Å². The first-order valence-electron chi connectivity index (χ1n) is 4.58. The first-order chi connectivity index (χ1) is 8.04. The molecule has 0 saturated carbocycles. The highest BCUT2D eigenvalue weighted by atomic mass is 16.4. The molecule has 0 aromatic heterocycles. The van der Waals surface area contributed by atoms with Crippen molar-refractivity contribution in [3.05, 3.63) is 34.2 Å². The number of hydrogen-bond acceptors (Lipinski definition) is 4. The smallest absolute Gasteiger partial charge is 0.349 e. The number of nitrogens with zero attached hydrogens (tertiary/aromatic N) is 3. The maximum Gasteiger partial charge on any atom is 0.349 e. The van der Waals surface area contributed by atoms with Crippen molar-refractivity contribution in [3.8, 4) is 11.5 Å². The number of hydrogen-bond donors (Lipinski definition) is 4. The Morgan fingerprint density at radius 2 is 2.18 bits per heavy atom. The number of aromatic hydroxyl groups is 2. The van der Waals surface area contributed by atoms with Crippen LogP contribution in [0.4, 0.5) is 0 Å². The van der Waals surface area contributed by atoms with Crippen molar-refractivity contribution in [2.24, 2.45) is 5.22 Å². The molecule has 0 aliphatic carbocycles. The lowest BCUT2D eigenvalue weighted by Crippen LogP contribution is -2.34. The molecule has 0 saturated heterocycles. The molecule has 0 fully saturated rings. The molecule has 4 N–H and O–H groups in total. The van der Waals surface area contributed by atoms with Crippen LogP contribution in [-0.2, 0) is 11.2 Å². The quantitative estimate of drug-likeness (QED) is 0.198. The highest BCUT2D eigenvalue weighted by Crippen LogP contribution is 2.25. The van der Waals surface area contributed by atoms with E-state index in [9.17, 15) is 9.90 Å². The molecule has 8 heteroatoms. The van der Waals surface area contributed by atoms with E-state index in [-0.39, 0.29) is 17.9 Å². The van der Waals surface area contributed by atoms with Crippen molar-refractivity contribution in [3.63, 3.8) is 0 Å². The van der Waals surface area contributed by atoms with Crippen LogP contribution in [0.5, 0.6) is 11.5 Å². The predicted octanol–water partition coefficient (Wildman–Crippen LogP) is 0.908. The third kappa shape index (κ3) is 3.47. The van der Waals surface area contributed by atoms with Gasteiger partial charge in [-0.2, -0.15) is 4.91 Å². The zero-order valence-corrected chi connectivity index (χ0v) is 8.61. The minimum atomic E-state index is -1.19. The second-order valence-corrected chi connectivity index (χ2v) is 3.24. The van der Waals surface area contributed by atoms with E-state index in [1.807, 2.05) is 0 Å². The molecular formula is C9H10N4O4. The van der Waals surface area contributed by atoms with E-state index in [2.05, 4.69) is 15.6 Å². The Balaban J connectivity index is 2.81. The summed E-state index contributed by atoms with van der Waals surface area (Å²) in [5.74, 6) is -1.82. The summed E-state index contributed by atoms with van der Waals surface area (Å²) in [4.78, 5) is 13.2. The molecule has 0 amide bonds. The van der Waals surface area contributed by atoms with Crippen molar-refractivity contribution in [1.82, 2.24) is 5.43 Å². The van der Waals surface area contributed by atoms with Crippen LogP contribution in [0.25, 0.3) is 10.4 Å². The van der Waals surface area contributed by atoms with Crippen LogP contribution < -0.4 is 5.43 Å². The van der Waals surface area contributed by atoms with Gasteiger partial charge in [-0.3, -0.25) is 0 Å². The summed E-state index contributed by atoms with van der Waals surface area (Å²) in [6.07, 6.45) is 0.00218. The van der Waals surface area contributed by atoms with Crippen molar-refractivity contribution in [2.45, 2.75) is 12.5 Å². The number of carboxylic acids is 1. The number of phenols is 2. The van der Waals surface area contributed by atoms with Gasteiger partial charge in [-0.05, 0) is 22.9 Å². The van der Waals surface area contributed by atoms with Crippen LogP contribution in [0.1, 0.15) is 5.56 Å². The summed E-state index contributed by atoms with van der Waals surface area (Å²) in [5, 5.41) is 30.1. The van der Waals surface area contributed by atoms with Gasteiger partial charge in [-0.15, -0.1) is 5.53 Å². The Morgan fingerprint density at radius 3 is 2.71 bits per heavy atom. The highest BCUT2D eigenvalue weighted by molar-refractivity contribution is 5.73. The molecule has 0 spiro atoms. The van der Waals surface area contributed by atoms with Gasteiger partial charge in [0.15, 0.2) is 17.5 Å². The molecule has 0 aliphatic heterocycles. The van der Waals surface area contributed by atoms with Gasteiger partial charge in [-0.25, -0.2) is 10.2 Å². The second-order valence-electron chi connectivity index (χ2n) is 3.24.